The Balaban J connectivity index is 1.92. The maximum absolute atomic E-state index is 12.8. The quantitative estimate of drug-likeness (QED) is 0.457. The van der Waals surface area contributed by atoms with E-state index in [0.717, 1.165) is 32.1 Å². The minimum Gasteiger partial charge on any atom is -0.457 e. The molecule has 0 bridgehead atoms. The van der Waals surface area contributed by atoms with Crippen LogP contribution in [-0.4, -0.2) is 31.0 Å². The molecule has 3 N–H and O–H groups in total. The van der Waals surface area contributed by atoms with Gasteiger partial charge in [0.05, 0.1) is 18.5 Å². The fourth-order valence-corrected chi connectivity index (χ4v) is 3.53. The Kier molecular flexibility index (Phi) is 8.40. The van der Waals surface area contributed by atoms with Gasteiger partial charge in [-0.2, -0.15) is 0 Å². The van der Waals surface area contributed by atoms with Crippen LogP contribution in [0, 0.1) is 5.92 Å². The first-order valence-corrected chi connectivity index (χ1v) is 10.8. The molecular formula is C24H28N4O5. The number of rotatable bonds is 5. The molecule has 174 valence electrons. The Bertz CT molecular complexity index is 1020. The summed E-state index contributed by atoms with van der Waals surface area (Å²) in [6.45, 7) is 1.38. The van der Waals surface area contributed by atoms with Gasteiger partial charge in [-0.15, -0.1) is 0 Å². The van der Waals surface area contributed by atoms with Gasteiger partial charge in [0, 0.05) is 18.9 Å². The first-order chi connectivity index (χ1) is 15.9. The normalized spacial score (nSPS) is 14.2. The van der Waals surface area contributed by atoms with E-state index in [0.29, 0.717) is 17.2 Å². The van der Waals surface area contributed by atoms with Crippen molar-refractivity contribution in [3.05, 3.63) is 48.5 Å². The van der Waals surface area contributed by atoms with Crippen LogP contribution in [0.2, 0.25) is 0 Å². The van der Waals surface area contributed by atoms with Gasteiger partial charge in [0.1, 0.15) is 11.5 Å². The fraction of sp³-hybridized carbons (Fsp3) is 0.333. The Morgan fingerprint density at radius 2 is 1.67 bits per heavy atom. The number of nitrogens with zero attached hydrogens (tertiary/aromatic N) is 1. The van der Waals surface area contributed by atoms with Gasteiger partial charge < -0.3 is 14.8 Å². The number of para-hydroxylation sites is 1. The number of ether oxygens (including phenoxy) is 2. The molecule has 0 spiro atoms. The van der Waals surface area contributed by atoms with E-state index in [1.54, 1.807) is 30.3 Å². The van der Waals surface area contributed by atoms with Crippen LogP contribution >= 0.6 is 0 Å². The zero-order valence-electron chi connectivity index (χ0n) is 18.7. The largest absolute Gasteiger partial charge is 0.457 e. The highest BCUT2D eigenvalue weighted by Gasteiger charge is 2.23. The third kappa shape index (κ3) is 7.34. The molecule has 3 amide bonds. The highest BCUT2D eigenvalue weighted by atomic mass is 16.5. The van der Waals surface area contributed by atoms with Gasteiger partial charge in [-0.25, -0.2) is 9.79 Å². The number of methoxy groups -OCH3 is 1. The molecule has 0 unspecified atom stereocenters. The molecule has 1 fully saturated rings. The number of amides is 3. The third-order valence-electron chi connectivity index (χ3n) is 5.11. The van der Waals surface area contributed by atoms with Crippen molar-refractivity contribution in [1.29, 1.82) is 0 Å². The molecule has 0 aromatic heterocycles. The summed E-state index contributed by atoms with van der Waals surface area (Å²) in [5.74, 6) is 0.328. The standard InChI is InChI=1S/C24H28N4O5/c1-16(29)25-20-14-13-19(33-18-11-7-4-8-12-18)15-21(20)26-23(28-24(31)32-2)27-22(30)17-9-5-3-6-10-17/h4,7-8,11-15,17H,3,5-6,9-10H2,1-2H3,(H,25,29)(H2,26,27,28,30,31). The molecule has 0 saturated heterocycles. The maximum atomic E-state index is 12.8. The van der Waals surface area contributed by atoms with Crippen molar-refractivity contribution in [3.8, 4) is 11.5 Å². The topological polar surface area (TPSA) is 118 Å². The second-order valence-corrected chi connectivity index (χ2v) is 7.68. The first kappa shape index (κ1) is 23.8. The molecular weight excluding hydrogens is 424 g/mol. The van der Waals surface area contributed by atoms with E-state index >= 15 is 0 Å². The lowest BCUT2D eigenvalue weighted by Gasteiger charge is -2.21. The molecule has 0 atom stereocenters. The summed E-state index contributed by atoms with van der Waals surface area (Å²) in [5, 5.41) is 7.83. The maximum Gasteiger partial charge on any atom is 0.413 e. The summed E-state index contributed by atoms with van der Waals surface area (Å²) < 4.78 is 10.5. The minimum atomic E-state index is -0.782. The zero-order valence-corrected chi connectivity index (χ0v) is 18.7. The van der Waals surface area contributed by atoms with E-state index in [2.05, 4.69) is 25.7 Å². The summed E-state index contributed by atoms with van der Waals surface area (Å²) in [5.41, 5.74) is 0.674. The first-order valence-electron chi connectivity index (χ1n) is 10.8. The lowest BCUT2D eigenvalue weighted by atomic mass is 9.89. The molecule has 0 aliphatic heterocycles. The molecule has 2 aromatic rings. The van der Waals surface area contributed by atoms with Gasteiger partial charge in [-0.05, 0) is 37.1 Å². The van der Waals surface area contributed by atoms with E-state index in [1.165, 1.54) is 14.0 Å². The molecule has 3 rings (SSSR count). The highest BCUT2D eigenvalue weighted by molar-refractivity contribution is 6.05. The summed E-state index contributed by atoms with van der Waals surface area (Å²) in [4.78, 5) is 40.7. The van der Waals surface area contributed by atoms with E-state index in [-0.39, 0.29) is 29.4 Å². The smallest absolute Gasteiger partial charge is 0.413 e. The molecule has 1 aliphatic rings. The van der Waals surface area contributed by atoms with Crippen LogP contribution in [0.4, 0.5) is 16.2 Å². The number of carbonyl (C=O) groups is 3. The van der Waals surface area contributed by atoms with E-state index in [1.807, 2.05) is 18.2 Å². The van der Waals surface area contributed by atoms with Gasteiger partial charge in [0.15, 0.2) is 0 Å². The van der Waals surface area contributed by atoms with E-state index < -0.39 is 6.09 Å². The van der Waals surface area contributed by atoms with Crippen molar-refractivity contribution in [2.24, 2.45) is 10.9 Å². The number of hydrogen-bond acceptors (Lipinski definition) is 6. The molecule has 9 nitrogen and oxygen atoms in total. The highest BCUT2D eigenvalue weighted by Crippen LogP contribution is 2.32. The Morgan fingerprint density at radius 1 is 0.939 bits per heavy atom. The second kappa shape index (κ2) is 11.7. The third-order valence-corrected chi connectivity index (χ3v) is 5.11. The number of nitrogens with one attached hydrogen (secondary N) is 3. The molecule has 9 heteroatoms. The average molecular weight is 453 g/mol. The van der Waals surface area contributed by atoms with E-state index in [9.17, 15) is 14.4 Å². The average Bonchev–Trinajstić information content (AvgIpc) is 2.81. The molecule has 1 aliphatic carbocycles. The lowest BCUT2D eigenvalue weighted by molar-refractivity contribution is -0.124. The van der Waals surface area contributed by atoms with Crippen molar-refractivity contribution < 1.29 is 23.9 Å². The summed E-state index contributed by atoms with van der Waals surface area (Å²) in [7, 11) is 1.22. The van der Waals surface area contributed by atoms with E-state index in [4.69, 9.17) is 4.74 Å². The van der Waals surface area contributed by atoms with Crippen LogP contribution < -0.4 is 20.7 Å². The number of hydrogen-bond donors (Lipinski definition) is 3. The van der Waals surface area contributed by atoms with Gasteiger partial charge in [-0.1, -0.05) is 37.5 Å². The zero-order chi connectivity index (χ0) is 23.6. The number of guanidine groups is 1. The van der Waals surface area contributed by atoms with Crippen LogP contribution in [0.3, 0.4) is 0 Å². The monoisotopic (exact) mass is 452 g/mol. The SMILES string of the molecule is COC(=O)NC(=Nc1cc(Oc2ccccc2)ccc1NC(C)=O)NC(=O)C1CCCCC1. The number of anilines is 1. The predicted molar refractivity (Wildman–Crippen MR) is 125 cm³/mol. The van der Waals surface area contributed by atoms with Crippen molar-refractivity contribution in [2.75, 3.05) is 12.4 Å². The van der Waals surface area contributed by atoms with Gasteiger partial charge in [0.2, 0.25) is 17.8 Å². The molecule has 2 aromatic carbocycles. The van der Waals surface area contributed by atoms with Gasteiger partial charge in [0.25, 0.3) is 0 Å². The molecule has 0 radical (unpaired) electrons. The predicted octanol–water partition coefficient (Wildman–Crippen LogP) is 4.48. The van der Waals surface area contributed by atoms with Crippen molar-refractivity contribution in [3.63, 3.8) is 0 Å². The molecule has 1 saturated carbocycles. The number of aliphatic imine (C=N–C) groups is 1. The van der Waals surface area contributed by atoms with Crippen molar-refractivity contribution in [1.82, 2.24) is 10.6 Å². The summed E-state index contributed by atoms with van der Waals surface area (Å²) in [6, 6.07) is 14.1. The van der Waals surface area contributed by atoms with Crippen LogP contribution in [0.1, 0.15) is 39.0 Å². The molecule has 33 heavy (non-hydrogen) atoms. The van der Waals surface area contributed by atoms with Crippen LogP contribution in [0.25, 0.3) is 0 Å². The Hall–Kier alpha value is -3.88. The van der Waals surface area contributed by atoms with Crippen LogP contribution in [0.5, 0.6) is 11.5 Å². The second-order valence-electron chi connectivity index (χ2n) is 7.68. The van der Waals surface area contributed by atoms with Crippen molar-refractivity contribution in [2.45, 2.75) is 39.0 Å². The Morgan fingerprint density at radius 3 is 2.33 bits per heavy atom. The van der Waals surface area contributed by atoms with Gasteiger partial charge >= 0.3 is 6.09 Å². The number of alkyl carbamates (subject to hydrolysis) is 1. The van der Waals surface area contributed by atoms with Gasteiger partial charge in [-0.3, -0.25) is 20.2 Å². The van der Waals surface area contributed by atoms with Crippen LogP contribution in [-0.2, 0) is 14.3 Å². The minimum absolute atomic E-state index is 0.0964. The fourth-order valence-electron chi connectivity index (χ4n) is 3.53. The molecule has 0 heterocycles. The summed E-state index contributed by atoms with van der Waals surface area (Å²) >= 11 is 0. The lowest BCUT2D eigenvalue weighted by Crippen LogP contribution is -2.46. The van der Waals surface area contributed by atoms with Crippen LogP contribution in [0.15, 0.2) is 53.5 Å². The Labute approximate surface area is 192 Å². The summed E-state index contributed by atoms with van der Waals surface area (Å²) in [6.07, 6.45) is 3.88. The van der Waals surface area contributed by atoms with Crippen molar-refractivity contribution >= 4 is 35.2 Å². The number of benzene rings is 2. The number of carbonyl (C=O) groups excluding carboxylic acids is 3.